The minimum absolute atomic E-state index is 0.0345. The standard InChI is InChI=1S/C14H21N3O/c1-4-10-16-14(18)9-11-15-12-5-7-13(8-6-12)17(2)3/h4-8,15H,1,9-11H2,2-3H3,(H,16,18). The molecule has 1 amide bonds. The van der Waals surface area contributed by atoms with E-state index in [0.717, 1.165) is 11.4 Å². The van der Waals surface area contributed by atoms with Gasteiger partial charge in [0.15, 0.2) is 0 Å². The minimum Gasteiger partial charge on any atom is -0.385 e. The van der Waals surface area contributed by atoms with Crippen molar-refractivity contribution in [2.24, 2.45) is 0 Å². The SMILES string of the molecule is C=CCNC(=O)CCNc1ccc(N(C)C)cc1. The maximum absolute atomic E-state index is 11.3. The van der Waals surface area contributed by atoms with Crippen LogP contribution in [-0.2, 0) is 4.79 Å². The summed E-state index contributed by atoms with van der Waals surface area (Å²) in [5.41, 5.74) is 2.18. The third-order valence-electron chi connectivity index (χ3n) is 2.51. The Bertz CT molecular complexity index is 385. The van der Waals surface area contributed by atoms with Crippen LogP contribution in [0.4, 0.5) is 11.4 Å². The zero-order chi connectivity index (χ0) is 13.4. The highest BCUT2D eigenvalue weighted by Crippen LogP contribution is 2.15. The molecule has 0 aliphatic rings. The normalized spacial score (nSPS) is 9.67. The maximum Gasteiger partial charge on any atom is 0.222 e. The van der Waals surface area contributed by atoms with Crippen LogP contribution < -0.4 is 15.5 Å². The van der Waals surface area contributed by atoms with Gasteiger partial charge in [0.25, 0.3) is 0 Å². The van der Waals surface area contributed by atoms with Crippen LogP contribution in [-0.4, -0.2) is 33.1 Å². The van der Waals surface area contributed by atoms with Gasteiger partial charge in [-0.3, -0.25) is 4.79 Å². The van der Waals surface area contributed by atoms with Gasteiger partial charge in [0, 0.05) is 45.0 Å². The average Bonchev–Trinajstić information content (AvgIpc) is 2.37. The van der Waals surface area contributed by atoms with Crippen LogP contribution in [0.1, 0.15) is 6.42 Å². The number of carbonyl (C=O) groups excluding carboxylic acids is 1. The second-order valence-corrected chi connectivity index (χ2v) is 4.21. The van der Waals surface area contributed by atoms with Crippen molar-refractivity contribution in [3.05, 3.63) is 36.9 Å². The van der Waals surface area contributed by atoms with E-state index in [9.17, 15) is 4.79 Å². The summed E-state index contributed by atoms with van der Waals surface area (Å²) in [5, 5.41) is 5.95. The third kappa shape index (κ3) is 4.91. The van der Waals surface area contributed by atoms with Crippen LogP contribution >= 0.6 is 0 Å². The number of anilines is 2. The van der Waals surface area contributed by atoms with Crippen molar-refractivity contribution in [1.82, 2.24) is 5.32 Å². The van der Waals surface area contributed by atoms with Gasteiger partial charge in [0.2, 0.25) is 5.91 Å². The predicted molar refractivity (Wildman–Crippen MR) is 77.1 cm³/mol. The molecule has 4 heteroatoms. The molecule has 2 N–H and O–H groups in total. The summed E-state index contributed by atoms with van der Waals surface area (Å²) in [6.45, 7) is 4.70. The van der Waals surface area contributed by atoms with Gasteiger partial charge in [-0.05, 0) is 24.3 Å². The van der Waals surface area contributed by atoms with Crippen molar-refractivity contribution in [2.75, 3.05) is 37.4 Å². The van der Waals surface area contributed by atoms with Gasteiger partial charge >= 0.3 is 0 Å². The van der Waals surface area contributed by atoms with E-state index in [1.807, 2.05) is 43.3 Å². The molecule has 0 atom stereocenters. The van der Waals surface area contributed by atoms with E-state index in [2.05, 4.69) is 17.2 Å². The molecule has 1 rings (SSSR count). The molecule has 0 unspecified atom stereocenters. The molecule has 4 nitrogen and oxygen atoms in total. The predicted octanol–water partition coefficient (Wildman–Crippen LogP) is 1.86. The molecule has 0 saturated carbocycles. The third-order valence-corrected chi connectivity index (χ3v) is 2.51. The Labute approximate surface area is 109 Å². The summed E-state index contributed by atoms with van der Waals surface area (Å²) < 4.78 is 0. The lowest BCUT2D eigenvalue weighted by Crippen LogP contribution is -2.25. The van der Waals surface area contributed by atoms with Gasteiger partial charge in [-0.15, -0.1) is 6.58 Å². The summed E-state index contributed by atoms with van der Waals surface area (Å²) in [6.07, 6.45) is 2.13. The molecular weight excluding hydrogens is 226 g/mol. The van der Waals surface area contributed by atoms with Crippen molar-refractivity contribution in [1.29, 1.82) is 0 Å². The Balaban J connectivity index is 2.31. The molecule has 0 bridgehead atoms. The number of carbonyl (C=O) groups is 1. The highest BCUT2D eigenvalue weighted by Gasteiger charge is 1.99. The molecule has 0 radical (unpaired) electrons. The summed E-state index contributed by atoms with van der Waals surface area (Å²) >= 11 is 0. The lowest BCUT2D eigenvalue weighted by Gasteiger charge is -2.13. The Hall–Kier alpha value is -1.97. The van der Waals surface area contributed by atoms with Crippen LogP contribution in [0.15, 0.2) is 36.9 Å². The van der Waals surface area contributed by atoms with Crippen LogP contribution in [0.3, 0.4) is 0 Å². The molecule has 0 spiro atoms. The molecule has 0 fully saturated rings. The zero-order valence-electron chi connectivity index (χ0n) is 11.1. The Morgan fingerprint density at radius 2 is 2.00 bits per heavy atom. The van der Waals surface area contributed by atoms with Gasteiger partial charge < -0.3 is 15.5 Å². The second kappa shape index (κ2) is 7.37. The highest BCUT2D eigenvalue weighted by molar-refractivity contribution is 5.76. The number of benzene rings is 1. The molecule has 0 aromatic heterocycles. The topological polar surface area (TPSA) is 44.4 Å². The molecule has 0 aliphatic carbocycles. The lowest BCUT2D eigenvalue weighted by molar-refractivity contribution is -0.120. The van der Waals surface area contributed by atoms with Crippen molar-refractivity contribution < 1.29 is 4.79 Å². The number of hydrogen-bond donors (Lipinski definition) is 2. The van der Waals surface area contributed by atoms with E-state index in [4.69, 9.17) is 0 Å². The van der Waals surface area contributed by atoms with Crippen molar-refractivity contribution in [3.63, 3.8) is 0 Å². The molecule has 1 aromatic carbocycles. The van der Waals surface area contributed by atoms with Crippen LogP contribution in [0.5, 0.6) is 0 Å². The van der Waals surface area contributed by atoms with E-state index in [1.54, 1.807) is 6.08 Å². The monoisotopic (exact) mass is 247 g/mol. The van der Waals surface area contributed by atoms with Gasteiger partial charge in [0.05, 0.1) is 0 Å². The van der Waals surface area contributed by atoms with Crippen molar-refractivity contribution >= 4 is 17.3 Å². The first-order valence-electron chi connectivity index (χ1n) is 6.02. The van der Waals surface area contributed by atoms with Gasteiger partial charge in [0.1, 0.15) is 0 Å². The van der Waals surface area contributed by atoms with Gasteiger partial charge in [-0.1, -0.05) is 6.08 Å². The summed E-state index contributed by atoms with van der Waals surface area (Å²) in [7, 11) is 4.01. The quantitative estimate of drug-likeness (QED) is 0.723. The number of hydrogen-bond acceptors (Lipinski definition) is 3. The molecule has 1 aromatic rings. The molecular formula is C14H21N3O. The highest BCUT2D eigenvalue weighted by atomic mass is 16.1. The summed E-state index contributed by atoms with van der Waals surface area (Å²) in [6, 6.07) is 8.11. The fourth-order valence-electron chi connectivity index (χ4n) is 1.47. The van der Waals surface area contributed by atoms with E-state index in [0.29, 0.717) is 19.5 Å². The Kier molecular flexibility index (Phi) is 5.77. The summed E-state index contributed by atoms with van der Waals surface area (Å²) in [5.74, 6) is 0.0345. The molecule has 98 valence electrons. The van der Waals surface area contributed by atoms with Crippen LogP contribution in [0.25, 0.3) is 0 Å². The number of nitrogens with zero attached hydrogens (tertiary/aromatic N) is 1. The fraction of sp³-hybridized carbons (Fsp3) is 0.357. The Morgan fingerprint density at radius 1 is 1.33 bits per heavy atom. The molecule has 0 saturated heterocycles. The van der Waals surface area contributed by atoms with E-state index in [1.165, 1.54) is 0 Å². The first-order chi connectivity index (χ1) is 8.63. The largest absolute Gasteiger partial charge is 0.385 e. The molecule has 18 heavy (non-hydrogen) atoms. The van der Waals surface area contributed by atoms with Crippen LogP contribution in [0, 0.1) is 0 Å². The first kappa shape index (κ1) is 14.1. The fourth-order valence-corrected chi connectivity index (χ4v) is 1.47. The maximum atomic E-state index is 11.3. The van der Waals surface area contributed by atoms with E-state index >= 15 is 0 Å². The van der Waals surface area contributed by atoms with E-state index in [-0.39, 0.29) is 5.91 Å². The number of rotatable bonds is 7. The molecule has 0 aliphatic heterocycles. The van der Waals surface area contributed by atoms with Gasteiger partial charge in [-0.2, -0.15) is 0 Å². The first-order valence-corrected chi connectivity index (χ1v) is 6.02. The average molecular weight is 247 g/mol. The Morgan fingerprint density at radius 3 is 2.56 bits per heavy atom. The number of nitrogens with one attached hydrogen (secondary N) is 2. The molecule has 0 heterocycles. The second-order valence-electron chi connectivity index (χ2n) is 4.21. The van der Waals surface area contributed by atoms with Crippen LogP contribution in [0.2, 0.25) is 0 Å². The number of amides is 1. The van der Waals surface area contributed by atoms with Crippen molar-refractivity contribution in [2.45, 2.75) is 6.42 Å². The minimum atomic E-state index is 0.0345. The van der Waals surface area contributed by atoms with Gasteiger partial charge in [-0.25, -0.2) is 0 Å². The van der Waals surface area contributed by atoms with Crippen molar-refractivity contribution in [3.8, 4) is 0 Å². The lowest BCUT2D eigenvalue weighted by atomic mass is 10.2. The van der Waals surface area contributed by atoms with E-state index < -0.39 is 0 Å². The zero-order valence-corrected chi connectivity index (χ0v) is 11.1. The summed E-state index contributed by atoms with van der Waals surface area (Å²) in [4.78, 5) is 13.4. The smallest absolute Gasteiger partial charge is 0.222 e.